The number of nitrogens with one attached hydrogen (secondary N) is 1. The number of halogens is 1. The number of hydrogen-bond donors (Lipinski definition) is 2. The fraction of sp³-hybridized carbons (Fsp3) is 0.429. The molecule has 20 heavy (non-hydrogen) atoms. The zero-order chi connectivity index (χ0) is 15.1. The van der Waals surface area contributed by atoms with Gasteiger partial charge in [-0.3, -0.25) is 4.79 Å². The summed E-state index contributed by atoms with van der Waals surface area (Å²) in [5, 5.41) is 11.4. The van der Waals surface area contributed by atoms with Crippen molar-refractivity contribution in [3.05, 3.63) is 30.1 Å². The van der Waals surface area contributed by atoms with Gasteiger partial charge in [-0.1, -0.05) is 19.9 Å². The van der Waals surface area contributed by atoms with Gasteiger partial charge in [0.2, 0.25) is 5.91 Å². The fourth-order valence-electron chi connectivity index (χ4n) is 1.58. The Balaban J connectivity index is 2.38. The topological polar surface area (TPSA) is 75.6 Å². The van der Waals surface area contributed by atoms with Gasteiger partial charge in [0.25, 0.3) is 0 Å². The SMILES string of the molecule is CC(C)[C@@H](NC(=O)CCOc1cccc(F)c1)C(=O)O. The zero-order valence-electron chi connectivity index (χ0n) is 11.4. The van der Waals surface area contributed by atoms with Gasteiger partial charge in [0.1, 0.15) is 17.6 Å². The summed E-state index contributed by atoms with van der Waals surface area (Å²) in [7, 11) is 0. The molecule has 1 aromatic carbocycles. The lowest BCUT2D eigenvalue weighted by Crippen LogP contribution is -2.44. The number of aliphatic carboxylic acids is 1. The van der Waals surface area contributed by atoms with Gasteiger partial charge < -0.3 is 15.2 Å². The predicted molar refractivity (Wildman–Crippen MR) is 70.9 cm³/mol. The van der Waals surface area contributed by atoms with Crippen LogP contribution in [0.5, 0.6) is 5.75 Å². The summed E-state index contributed by atoms with van der Waals surface area (Å²) >= 11 is 0. The van der Waals surface area contributed by atoms with Crippen molar-refractivity contribution in [1.29, 1.82) is 0 Å². The predicted octanol–water partition coefficient (Wildman–Crippen LogP) is 1.82. The largest absolute Gasteiger partial charge is 0.493 e. The Hall–Kier alpha value is -2.11. The molecule has 6 heteroatoms. The summed E-state index contributed by atoms with van der Waals surface area (Å²) in [4.78, 5) is 22.5. The minimum Gasteiger partial charge on any atom is -0.493 e. The fourth-order valence-corrected chi connectivity index (χ4v) is 1.58. The van der Waals surface area contributed by atoms with E-state index in [0.29, 0.717) is 5.75 Å². The number of benzene rings is 1. The second-order valence-electron chi connectivity index (χ2n) is 4.68. The molecule has 5 nitrogen and oxygen atoms in total. The van der Waals surface area contributed by atoms with Crippen LogP contribution in [0.2, 0.25) is 0 Å². The number of hydrogen-bond acceptors (Lipinski definition) is 3. The molecular weight excluding hydrogens is 265 g/mol. The van der Waals surface area contributed by atoms with Crippen LogP contribution in [0.4, 0.5) is 4.39 Å². The smallest absolute Gasteiger partial charge is 0.326 e. The normalized spacial score (nSPS) is 12.0. The first-order valence-corrected chi connectivity index (χ1v) is 6.30. The summed E-state index contributed by atoms with van der Waals surface area (Å²) in [5.74, 6) is -1.78. The maximum absolute atomic E-state index is 12.9. The van der Waals surface area contributed by atoms with Gasteiger partial charge in [0.05, 0.1) is 13.0 Å². The van der Waals surface area contributed by atoms with E-state index in [0.717, 1.165) is 0 Å². The first-order valence-electron chi connectivity index (χ1n) is 6.30. The lowest BCUT2D eigenvalue weighted by Gasteiger charge is -2.17. The highest BCUT2D eigenvalue weighted by molar-refractivity contribution is 5.83. The highest BCUT2D eigenvalue weighted by atomic mass is 19.1. The van der Waals surface area contributed by atoms with E-state index in [2.05, 4.69) is 5.32 Å². The molecule has 0 spiro atoms. The minimum absolute atomic E-state index is 0.00696. The molecule has 1 amide bonds. The Morgan fingerprint density at radius 1 is 1.40 bits per heavy atom. The zero-order valence-corrected chi connectivity index (χ0v) is 11.4. The number of carbonyl (C=O) groups excluding carboxylic acids is 1. The van der Waals surface area contributed by atoms with Crippen LogP contribution in [0.25, 0.3) is 0 Å². The van der Waals surface area contributed by atoms with Crippen LogP contribution in [0, 0.1) is 11.7 Å². The number of amides is 1. The van der Waals surface area contributed by atoms with Crippen molar-refractivity contribution in [2.45, 2.75) is 26.3 Å². The van der Waals surface area contributed by atoms with Gasteiger partial charge in [0.15, 0.2) is 0 Å². The number of carboxylic acids is 1. The van der Waals surface area contributed by atoms with Crippen LogP contribution in [-0.2, 0) is 9.59 Å². The third-order valence-electron chi connectivity index (χ3n) is 2.64. The lowest BCUT2D eigenvalue weighted by molar-refractivity contribution is -0.143. The van der Waals surface area contributed by atoms with Crippen molar-refractivity contribution in [3.63, 3.8) is 0 Å². The van der Waals surface area contributed by atoms with Crippen molar-refractivity contribution >= 4 is 11.9 Å². The minimum atomic E-state index is -1.07. The summed E-state index contributed by atoms with van der Waals surface area (Å²) in [5.41, 5.74) is 0. The number of rotatable bonds is 7. The van der Waals surface area contributed by atoms with Crippen LogP contribution in [0.3, 0.4) is 0 Å². The molecule has 0 saturated carbocycles. The third-order valence-corrected chi connectivity index (χ3v) is 2.64. The molecule has 0 aliphatic carbocycles. The average molecular weight is 283 g/mol. The number of carbonyl (C=O) groups is 2. The van der Waals surface area contributed by atoms with Crippen molar-refractivity contribution in [2.75, 3.05) is 6.61 Å². The van der Waals surface area contributed by atoms with E-state index in [4.69, 9.17) is 9.84 Å². The standard InChI is InChI=1S/C14H18FNO4/c1-9(2)13(14(18)19)16-12(17)6-7-20-11-5-3-4-10(15)8-11/h3-5,8-9,13H,6-7H2,1-2H3,(H,16,17)(H,18,19)/t13-/m1/s1. The molecule has 0 aliphatic heterocycles. The molecule has 0 bridgehead atoms. The van der Waals surface area contributed by atoms with E-state index in [1.165, 1.54) is 18.2 Å². The van der Waals surface area contributed by atoms with Gasteiger partial charge in [0, 0.05) is 6.07 Å². The molecule has 1 rings (SSSR count). The summed E-state index contributed by atoms with van der Waals surface area (Å²) < 4.78 is 18.1. The van der Waals surface area contributed by atoms with E-state index in [9.17, 15) is 14.0 Å². The van der Waals surface area contributed by atoms with Gasteiger partial charge in [-0.05, 0) is 18.1 Å². The van der Waals surface area contributed by atoms with Crippen molar-refractivity contribution in [2.24, 2.45) is 5.92 Å². The van der Waals surface area contributed by atoms with Gasteiger partial charge in [-0.2, -0.15) is 0 Å². The molecule has 0 heterocycles. The second kappa shape index (κ2) is 7.47. The maximum Gasteiger partial charge on any atom is 0.326 e. The van der Waals surface area contributed by atoms with Gasteiger partial charge >= 0.3 is 5.97 Å². The Labute approximate surface area is 116 Å². The van der Waals surface area contributed by atoms with E-state index in [1.807, 2.05) is 0 Å². The highest BCUT2D eigenvalue weighted by Crippen LogP contribution is 2.12. The van der Waals surface area contributed by atoms with Crippen LogP contribution < -0.4 is 10.1 Å². The van der Waals surface area contributed by atoms with E-state index < -0.39 is 23.7 Å². The molecule has 1 atom stereocenters. The molecule has 0 aliphatic rings. The third kappa shape index (κ3) is 5.26. The molecule has 0 unspecified atom stereocenters. The highest BCUT2D eigenvalue weighted by Gasteiger charge is 2.23. The Bertz CT molecular complexity index is 476. The van der Waals surface area contributed by atoms with Crippen molar-refractivity contribution < 1.29 is 23.8 Å². The number of ether oxygens (including phenoxy) is 1. The first kappa shape index (κ1) is 15.9. The summed E-state index contributed by atoms with van der Waals surface area (Å²) in [6, 6.07) is 4.67. The quantitative estimate of drug-likeness (QED) is 0.800. The second-order valence-corrected chi connectivity index (χ2v) is 4.68. The molecule has 2 N–H and O–H groups in total. The van der Waals surface area contributed by atoms with Gasteiger partial charge in [-0.15, -0.1) is 0 Å². The van der Waals surface area contributed by atoms with E-state index >= 15 is 0 Å². The Kier molecular flexibility index (Phi) is 5.96. The molecule has 0 saturated heterocycles. The molecule has 0 fully saturated rings. The molecule has 1 aromatic rings. The molecule has 0 aromatic heterocycles. The Morgan fingerprint density at radius 2 is 2.10 bits per heavy atom. The average Bonchev–Trinajstić information content (AvgIpc) is 2.35. The molecule has 110 valence electrons. The molecular formula is C14H18FNO4. The first-order chi connectivity index (χ1) is 9.40. The summed E-state index contributed by atoms with van der Waals surface area (Å²) in [6.45, 7) is 3.48. The lowest BCUT2D eigenvalue weighted by atomic mass is 10.0. The van der Waals surface area contributed by atoms with Crippen molar-refractivity contribution in [1.82, 2.24) is 5.32 Å². The van der Waals surface area contributed by atoms with Crippen LogP contribution >= 0.6 is 0 Å². The van der Waals surface area contributed by atoms with Crippen LogP contribution in [0.1, 0.15) is 20.3 Å². The Morgan fingerprint density at radius 3 is 2.65 bits per heavy atom. The van der Waals surface area contributed by atoms with Crippen molar-refractivity contribution in [3.8, 4) is 5.75 Å². The van der Waals surface area contributed by atoms with Gasteiger partial charge in [-0.25, -0.2) is 9.18 Å². The monoisotopic (exact) mass is 283 g/mol. The van der Waals surface area contributed by atoms with E-state index in [1.54, 1.807) is 19.9 Å². The maximum atomic E-state index is 12.9. The van der Waals surface area contributed by atoms with Crippen LogP contribution in [-0.4, -0.2) is 29.6 Å². The summed E-state index contributed by atoms with van der Waals surface area (Å²) in [6.07, 6.45) is 0.00696. The molecule has 0 radical (unpaired) electrons. The number of carboxylic acid groups (broad SMARTS) is 1. The van der Waals surface area contributed by atoms with E-state index in [-0.39, 0.29) is 18.9 Å². The van der Waals surface area contributed by atoms with Crippen LogP contribution in [0.15, 0.2) is 24.3 Å².